The van der Waals surface area contributed by atoms with Gasteiger partial charge in [-0.05, 0) is 13.0 Å². The normalized spacial score (nSPS) is 10.2. The highest BCUT2D eigenvalue weighted by Crippen LogP contribution is 2.22. The van der Waals surface area contributed by atoms with Gasteiger partial charge in [-0.25, -0.2) is 19.7 Å². The van der Waals surface area contributed by atoms with Gasteiger partial charge < -0.3 is 10.4 Å². The Morgan fingerprint density at radius 1 is 1.59 bits per heavy atom. The van der Waals surface area contributed by atoms with E-state index in [9.17, 15) is 4.79 Å². The topological polar surface area (TPSA) is 88.0 Å². The van der Waals surface area contributed by atoms with Gasteiger partial charge in [0, 0.05) is 6.20 Å². The third kappa shape index (κ3) is 2.76. The molecule has 0 aliphatic heterocycles. The molecule has 0 aliphatic rings. The van der Waals surface area contributed by atoms with Gasteiger partial charge in [-0.2, -0.15) is 0 Å². The molecule has 0 fully saturated rings. The van der Waals surface area contributed by atoms with E-state index in [1.165, 1.54) is 6.33 Å². The largest absolute Gasteiger partial charge is 0.477 e. The highest BCUT2D eigenvalue weighted by molar-refractivity contribution is 7.17. The molecule has 0 aromatic carbocycles. The van der Waals surface area contributed by atoms with Crippen LogP contribution in [0.15, 0.2) is 18.6 Å². The summed E-state index contributed by atoms with van der Waals surface area (Å²) in [4.78, 5) is 23.1. The predicted molar refractivity (Wildman–Crippen MR) is 63.2 cm³/mol. The number of hydrogen-bond acceptors (Lipinski definition) is 6. The second kappa shape index (κ2) is 4.88. The van der Waals surface area contributed by atoms with Gasteiger partial charge in [-0.3, -0.25) is 0 Å². The lowest BCUT2D eigenvalue weighted by Gasteiger charge is -2.00. The van der Waals surface area contributed by atoms with Crippen molar-refractivity contribution in [2.45, 2.75) is 13.5 Å². The van der Waals surface area contributed by atoms with Crippen molar-refractivity contribution in [3.8, 4) is 0 Å². The van der Waals surface area contributed by atoms with Crippen LogP contribution in [-0.2, 0) is 6.54 Å². The molecule has 0 radical (unpaired) electrons. The summed E-state index contributed by atoms with van der Waals surface area (Å²) in [5.74, 6) is -0.949. The zero-order chi connectivity index (χ0) is 12.3. The monoisotopic (exact) mass is 250 g/mol. The Balaban J connectivity index is 2.05. The van der Waals surface area contributed by atoms with Gasteiger partial charge in [0.05, 0.1) is 17.9 Å². The Morgan fingerprint density at radius 3 is 3.00 bits per heavy atom. The van der Waals surface area contributed by atoms with E-state index in [0.717, 1.165) is 17.0 Å². The Morgan fingerprint density at radius 2 is 2.41 bits per heavy atom. The van der Waals surface area contributed by atoms with Crippen molar-refractivity contribution in [2.75, 3.05) is 5.32 Å². The highest BCUT2D eigenvalue weighted by Gasteiger charge is 2.13. The number of nitrogens with one attached hydrogen (secondary N) is 1. The maximum Gasteiger partial charge on any atom is 0.347 e. The molecule has 0 amide bonds. The minimum Gasteiger partial charge on any atom is -0.477 e. The minimum absolute atomic E-state index is 0.259. The second-order valence-corrected chi connectivity index (χ2v) is 4.29. The van der Waals surface area contributed by atoms with Crippen molar-refractivity contribution < 1.29 is 9.90 Å². The first-order valence-electron chi connectivity index (χ1n) is 4.86. The van der Waals surface area contributed by atoms with Crippen molar-refractivity contribution in [3.05, 3.63) is 34.9 Å². The SMILES string of the molecule is Cc1nc(NCc2ccncn2)sc1C(=O)O. The fourth-order valence-corrected chi connectivity index (χ4v) is 2.06. The van der Waals surface area contributed by atoms with E-state index in [4.69, 9.17) is 5.11 Å². The average Bonchev–Trinajstić information content (AvgIpc) is 2.69. The number of carbonyl (C=O) groups is 1. The Bertz CT molecular complexity index is 526. The molecule has 2 N–H and O–H groups in total. The number of anilines is 1. The summed E-state index contributed by atoms with van der Waals surface area (Å²) >= 11 is 1.12. The number of rotatable bonds is 4. The molecular weight excluding hydrogens is 240 g/mol. The van der Waals surface area contributed by atoms with Crippen LogP contribution in [0.5, 0.6) is 0 Å². The Hall–Kier alpha value is -2.02. The summed E-state index contributed by atoms with van der Waals surface area (Å²) in [6, 6.07) is 1.78. The standard InChI is InChI=1S/C10H10N4O2S/c1-6-8(9(15)16)17-10(14-6)12-4-7-2-3-11-5-13-7/h2-3,5H,4H2,1H3,(H,12,14)(H,15,16). The first kappa shape index (κ1) is 11.5. The number of aromatic carboxylic acids is 1. The van der Waals surface area contributed by atoms with Gasteiger partial charge in [-0.15, -0.1) is 0 Å². The number of hydrogen-bond donors (Lipinski definition) is 2. The van der Waals surface area contributed by atoms with Gasteiger partial charge in [0.1, 0.15) is 11.2 Å². The number of aryl methyl sites for hydroxylation is 1. The molecule has 2 heterocycles. The van der Waals surface area contributed by atoms with Crippen molar-refractivity contribution in [1.29, 1.82) is 0 Å². The van der Waals surface area contributed by atoms with Gasteiger partial charge in [-0.1, -0.05) is 11.3 Å². The van der Waals surface area contributed by atoms with Crippen molar-refractivity contribution >= 4 is 22.4 Å². The summed E-state index contributed by atoms with van der Waals surface area (Å²) in [6.07, 6.45) is 3.12. The minimum atomic E-state index is -0.949. The summed E-state index contributed by atoms with van der Waals surface area (Å²) in [7, 11) is 0. The Kier molecular flexibility index (Phi) is 3.29. The van der Waals surface area contributed by atoms with Gasteiger partial charge >= 0.3 is 5.97 Å². The lowest BCUT2D eigenvalue weighted by atomic mass is 10.4. The molecule has 17 heavy (non-hydrogen) atoms. The third-order valence-corrected chi connectivity index (χ3v) is 3.16. The lowest BCUT2D eigenvalue weighted by Crippen LogP contribution is -2.01. The summed E-state index contributed by atoms with van der Waals surface area (Å²) < 4.78 is 0. The van der Waals surface area contributed by atoms with E-state index in [0.29, 0.717) is 17.4 Å². The molecule has 0 aliphatic carbocycles. The van der Waals surface area contributed by atoms with Crippen LogP contribution >= 0.6 is 11.3 Å². The van der Waals surface area contributed by atoms with Crippen LogP contribution in [-0.4, -0.2) is 26.0 Å². The van der Waals surface area contributed by atoms with E-state index in [-0.39, 0.29) is 4.88 Å². The van der Waals surface area contributed by atoms with Crippen LogP contribution in [0.3, 0.4) is 0 Å². The van der Waals surface area contributed by atoms with Crippen LogP contribution in [0, 0.1) is 6.92 Å². The fraction of sp³-hybridized carbons (Fsp3) is 0.200. The molecule has 7 heteroatoms. The molecule has 0 atom stereocenters. The maximum absolute atomic E-state index is 10.8. The molecule has 88 valence electrons. The van der Waals surface area contributed by atoms with E-state index >= 15 is 0 Å². The molecule has 2 aromatic rings. The predicted octanol–water partition coefficient (Wildman–Crippen LogP) is 1.55. The van der Waals surface area contributed by atoms with Crippen molar-refractivity contribution in [1.82, 2.24) is 15.0 Å². The van der Waals surface area contributed by atoms with E-state index < -0.39 is 5.97 Å². The van der Waals surface area contributed by atoms with E-state index in [1.807, 2.05) is 0 Å². The molecule has 0 saturated heterocycles. The second-order valence-electron chi connectivity index (χ2n) is 3.29. The van der Waals surface area contributed by atoms with Gasteiger partial charge in [0.15, 0.2) is 5.13 Å². The number of thiazole rings is 1. The Labute approximate surface area is 101 Å². The molecule has 2 rings (SSSR count). The lowest BCUT2D eigenvalue weighted by molar-refractivity contribution is 0.0701. The molecule has 6 nitrogen and oxygen atoms in total. The zero-order valence-electron chi connectivity index (χ0n) is 9.04. The fourth-order valence-electron chi connectivity index (χ4n) is 1.26. The van der Waals surface area contributed by atoms with Crippen LogP contribution in [0.1, 0.15) is 21.1 Å². The summed E-state index contributed by atoms with van der Waals surface area (Å²) in [5.41, 5.74) is 1.34. The number of nitrogens with zero attached hydrogens (tertiary/aromatic N) is 3. The smallest absolute Gasteiger partial charge is 0.347 e. The van der Waals surface area contributed by atoms with Crippen LogP contribution in [0.2, 0.25) is 0 Å². The average molecular weight is 250 g/mol. The quantitative estimate of drug-likeness (QED) is 0.856. The number of carboxylic acid groups (broad SMARTS) is 1. The summed E-state index contributed by atoms with van der Waals surface area (Å²) in [5, 5.41) is 12.5. The molecule has 0 saturated carbocycles. The number of aromatic nitrogens is 3. The maximum atomic E-state index is 10.8. The summed E-state index contributed by atoms with van der Waals surface area (Å²) in [6.45, 7) is 2.17. The van der Waals surface area contributed by atoms with Crippen molar-refractivity contribution in [3.63, 3.8) is 0 Å². The van der Waals surface area contributed by atoms with Crippen LogP contribution < -0.4 is 5.32 Å². The first-order valence-corrected chi connectivity index (χ1v) is 5.68. The van der Waals surface area contributed by atoms with Gasteiger partial charge in [0.2, 0.25) is 0 Å². The number of carboxylic acids is 1. The zero-order valence-corrected chi connectivity index (χ0v) is 9.86. The van der Waals surface area contributed by atoms with E-state index in [1.54, 1.807) is 19.2 Å². The molecule has 0 bridgehead atoms. The van der Waals surface area contributed by atoms with Crippen LogP contribution in [0.4, 0.5) is 5.13 Å². The highest BCUT2D eigenvalue weighted by atomic mass is 32.1. The molecule has 0 unspecified atom stereocenters. The molecule has 2 aromatic heterocycles. The van der Waals surface area contributed by atoms with Gasteiger partial charge in [0.25, 0.3) is 0 Å². The van der Waals surface area contributed by atoms with E-state index in [2.05, 4.69) is 20.3 Å². The van der Waals surface area contributed by atoms with Crippen LogP contribution in [0.25, 0.3) is 0 Å². The first-order chi connectivity index (χ1) is 8.16. The third-order valence-electron chi connectivity index (χ3n) is 2.05. The molecule has 0 spiro atoms. The molecular formula is C10H10N4O2S. The van der Waals surface area contributed by atoms with Crippen molar-refractivity contribution in [2.24, 2.45) is 0 Å².